The van der Waals surface area contributed by atoms with Crippen LogP contribution >= 0.6 is 12.4 Å². The van der Waals surface area contributed by atoms with Crippen molar-refractivity contribution in [1.29, 1.82) is 0 Å². The maximum Gasteiger partial charge on any atom is 0.220 e. The van der Waals surface area contributed by atoms with Crippen LogP contribution in [0.2, 0.25) is 0 Å². The summed E-state index contributed by atoms with van der Waals surface area (Å²) in [6.45, 7) is 5.84. The minimum atomic E-state index is 0. The van der Waals surface area contributed by atoms with Crippen molar-refractivity contribution < 1.29 is 9.59 Å². The van der Waals surface area contributed by atoms with E-state index in [0.29, 0.717) is 25.3 Å². The molecule has 0 aromatic heterocycles. The van der Waals surface area contributed by atoms with Gasteiger partial charge < -0.3 is 16.0 Å². The molecule has 0 spiro atoms. The first kappa shape index (κ1) is 19.2. The van der Waals surface area contributed by atoms with Crippen LogP contribution in [-0.2, 0) is 9.59 Å². The van der Waals surface area contributed by atoms with Gasteiger partial charge in [0.25, 0.3) is 0 Å². The Bertz CT molecular complexity index is 300. The van der Waals surface area contributed by atoms with E-state index in [9.17, 15) is 9.59 Å². The molecule has 3 N–H and O–H groups in total. The Labute approximate surface area is 128 Å². The summed E-state index contributed by atoms with van der Waals surface area (Å²) in [7, 11) is 0. The number of nitrogens with one attached hydrogen (secondary N) is 3. The minimum absolute atomic E-state index is 0. The highest BCUT2D eigenvalue weighted by Crippen LogP contribution is 2.08. The zero-order valence-corrected chi connectivity index (χ0v) is 13.4. The summed E-state index contributed by atoms with van der Waals surface area (Å²) in [6.07, 6.45) is 4.44. The van der Waals surface area contributed by atoms with E-state index >= 15 is 0 Å². The number of carbonyl (C=O) groups is 2. The summed E-state index contributed by atoms with van der Waals surface area (Å²) in [6, 6.07) is 0.761. The predicted octanol–water partition coefficient (Wildman–Crippen LogP) is 1.36. The molecule has 0 aromatic carbocycles. The Balaban J connectivity index is 0.00000361. The molecule has 1 rings (SSSR count). The van der Waals surface area contributed by atoms with E-state index in [4.69, 9.17) is 0 Å². The van der Waals surface area contributed by atoms with Crippen LogP contribution < -0.4 is 16.0 Å². The molecule has 1 aliphatic rings. The third-order valence-corrected chi connectivity index (χ3v) is 3.37. The van der Waals surface area contributed by atoms with Gasteiger partial charge in [-0.3, -0.25) is 9.59 Å². The first-order valence-electron chi connectivity index (χ1n) is 7.41. The monoisotopic (exact) mass is 305 g/mol. The molecule has 1 aliphatic heterocycles. The lowest BCUT2D eigenvalue weighted by atomic mass is 10.0. The van der Waals surface area contributed by atoms with Gasteiger partial charge in [-0.15, -0.1) is 12.4 Å². The molecule has 1 saturated heterocycles. The van der Waals surface area contributed by atoms with Crippen molar-refractivity contribution in [2.24, 2.45) is 0 Å². The highest BCUT2D eigenvalue weighted by atomic mass is 35.5. The van der Waals surface area contributed by atoms with Crippen LogP contribution in [0.1, 0.15) is 52.4 Å². The molecular formula is C14H28ClN3O2. The van der Waals surface area contributed by atoms with Crippen LogP contribution in [0.4, 0.5) is 0 Å². The fourth-order valence-corrected chi connectivity index (χ4v) is 2.33. The number of carbonyl (C=O) groups excluding carboxylic acids is 2. The zero-order chi connectivity index (χ0) is 14.1. The van der Waals surface area contributed by atoms with E-state index in [1.54, 1.807) is 0 Å². The van der Waals surface area contributed by atoms with Crippen molar-refractivity contribution in [3.8, 4) is 0 Å². The van der Waals surface area contributed by atoms with Crippen LogP contribution in [0, 0.1) is 0 Å². The van der Waals surface area contributed by atoms with E-state index in [1.807, 2.05) is 6.92 Å². The van der Waals surface area contributed by atoms with Crippen LogP contribution in [0.5, 0.6) is 0 Å². The molecule has 2 unspecified atom stereocenters. The topological polar surface area (TPSA) is 70.2 Å². The number of rotatable bonds is 7. The lowest BCUT2D eigenvalue weighted by Crippen LogP contribution is -2.46. The van der Waals surface area contributed by atoms with E-state index in [-0.39, 0.29) is 30.3 Å². The molecule has 2 amide bonds. The van der Waals surface area contributed by atoms with Gasteiger partial charge in [0.05, 0.1) is 0 Å². The van der Waals surface area contributed by atoms with Gasteiger partial charge in [0.1, 0.15) is 0 Å². The molecule has 6 heteroatoms. The molecule has 0 radical (unpaired) electrons. The van der Waals surface area contributed by atoms with E-state index in [2.05, 4.69) is 22.9 Å². The van der Waals surface area contributed by atoms with E-state index < -0.39 is 0 Å². The molecule has 118 valence electrons. The maximum atomic E-state index is 11.8. The Morgan fingerprint density at radius 3 is 2.60 bits per heavy atom. The highest BCUT2D eigenvalue weighted by molar-refractivity contribution is 5.85. The number of hydrogen-bond acceptors (Lipinski definition) is 3. The van der Waals surface area contributed by atoms with Crippen molar-refractivity contribution in [1.82, 2.24) is 16.0 Å². The number of halogens is 1. The average molecular weight is 306 g/mol. The molecule has 5 nitrogen and oxygen atoms in total. The number of piperidine rings is 1. The van der Waals surface area contributed by atoms with Crippen molar-refractivity contribution in [3.63, 3.8) is 0 Å². The third kappa shape index (κ3) is 8.38. The van der Waals surface area contributed by atoms with Crippen molar-refractivity contribution in [3.05, 3.63) is 0 Å². The second kappa shape index (κ2) is 10.9. The highest BCUT2D eigenvalue weighted by Gasteiger charge is 2.19. The van der Waals surface area contributed by atoms with Gasteiger partial charge >= 0.3 is 0 Å². The summed E-state index contributed by atoms with van der Waals surface area (Å²) < 4.78 is 0. The summed E-state index contributed by atoms with van der Waals surface area (Å²) in [4.78, 5) is 23.1. The van der Waals surface area contributed by atoms with Gasteiger partial charge in [0.2, 0.25) is 11.8 Å². The smallest absolute Gasteiger partial charge is 0.220 e. The number of hydrogen-bond donors (Lipinski definition) is 3. The molecule has 0 bridgehead atoms. The molecule has 2 atom stereocenters. The average Bonchev–Trinajstić information content (AvgIpc) is 2.36. The SMILES string of the molecule is CCCNC(=O)CCCC(=O)NC1CCNC(C)C1.Cl. The normalized spacial score (nSPS) is 21.7. The molecule has 0 saturated carbocycles. The van der Waals surface area contributed by atoms with Gasteiger partial charge in [-0.2, -0.15) is 0 Å². The lowest BCUT2D eigenvalue weighted by Gasteiger charge is -2.28. The molecule has 1 heterocycles. The maximum absolute atomic E-state index is 11.8. The largest absolute Gasteiger partial charge is 0.356 e. The van der Waals surface area contributed by atoms with Crippen molar-refractivity contribution >= 4 is 24.2 Å². The Morgan fingerprint density at radius 2 is 1.95 bits per heavy atom. The van der Waals surface area contributed by atoms with Gasteiger partial charge in [-0.05, 0) is 39.2 Å². The Morgan fingerprint density at radius 1 is 1.25 bits per heavy atom. The van der Waals surface area contributed by atoms with Crippen LogP contribution in [-0.4, -0.2) is 37.0 Å². The third-order valence-electron chi connectivity index (χ3n) is 3.37. The van der Waals surface area contributed by atoms with Gasteiger partial charge in [0, 0.05) is 31.5 Å². The zero-order valence-electron chi connectivity index (χ0n) is 12.5. The molecule has 1 fully saturated rings. The van der Waals surface area contributed by atoms with Gasteiger partial charge in [0.15, 0.2) is 0 Å². The molecule has 0 aromatic rings. The van der Waals surface area contributed by atoms with Gasteiger partial charge in [-0.25, -0.2) is 0 Å². The molecular weight excluding hydrogens is 278 g/mol. The fraction of sp³-hybridized carbons (Fsp3) is 0.857. The second-order valence-corrected chi connectivity index (χ2v) is 5.35. The van der Waals surface area contributed by atoms with Crippen LogP contribution in [0.15, 0.2) is 0 Å². The summed E-state index contributed by atoms with van der Waals surface area (Å²) in [5, 5.41) is 9.23. The van der Waals surface area contributed by atoms with Crippen molar-refractivity contribution in [2.45, 2.75) is 64.5 Å². The van der Waals surface area contributed by atoms with E-state index in [0.717, 1.165) is 32.4 Å². The fourth-order valence-electron chi connectivity index (χ4n) is 2.33. The minimum Gasteiger partial charge on any atom is -0.356 e. The first-order chi connectivity index (χ1) is 9.11. The Hall–Kier alpha value is -0.810. The van der Waals surface area contributed by atoms with E-state index in [1.165, 1.54) is 0 Å². The molecule has 0 aliphatic carbocycles. The summed E-state index contributed by atoms with van der Waals surface area (Å²) in [5.41, 5.74) is 0. The number of amides is 2. The first-order valence-corrected chi connectivity index (χ1v) is 7.41. The lowest BCUT2D eigenvalue weighted by molar-refractivity contribution is -0.123. The van der Waals surface area contributed by atoms with Gasteiger partial charge in [-0.1, -0.05) is 6.92 Å². The van der Waals surface area contributed by atoms with Crippen molar-refractivity contribution in [2.75, 3.05) is 13.1 Å². The second-order valence-electron chi connectivity index (χ2n) is 5.35. The quantitative estimate of drug-likeness (QED) is 0.665. The van der Waals surface area contributed by atoms with Crippen LogP contribution in [0.25, 0.3) is 0 Å². The summed E-state index contributed by atoms with van der Waals surface area (Å²) >= 11 is 0. The standard InChI is InChI=1S/C14H27N3O2.ClH/c1-3-8-16-13(18)5-4-6-14(19)17-12-7-9-15-11(2)10-12;/h11-12,15H,3-10H2,1-2H3,(H,16,18)(H,17,19);1H. The van der Waals surface area contributed by atoms with Crippen LogP contribution in [0.3, 0.4) is 0 Å². The summed E-state index contributed by atoms with van der Waals surface area (Å²) in [5.74, 6) is 0.118. The predicted molar refractivity (Wildman–Crippen MR) is 83.0 cm³/mol. The molecule has 20 heavy (non-hydrogen) atoms. The Kier molecular flexibility index (Phi) is 10.5.